The summed E-state index contributed by atoms with van der Waals surface area (Å²) in [5, 5.41) is 2.70. The van der Waals surface area contributed by atoms with Gasteiger partial charge in [-0.3, -0.25) is 4.79 Å². The largest absolute Gasteiger partial charge is 0.356 e. The van der Waals surface area contributed by atoms with Crippen molar-refractivity contribution in [2.75, 3.05) is 18.6 Å². The van der Waals surface area contributed by atoms with Gasteiger partial charge in [-0.25, -0.2) is 8.42 Å². The number of fused-ring (bicyclic) bond motifs is 1. The second-order valence-electron chi connectivity index (χ2n) is 5.88. The molecule has 2 aromatic rings. The molecular weight excluding hydrogens is 328 g/mol. The van der Waals surface area contributed by atoms with Gasteiger partial charge in [0.05, 0.1) is 17.4 Å². The van der Waals surface area contributed by atoms with Crippen molar-refractivity contribution >= 4 is 21.6 Å². The minimum Gasteiger partial charge on any atom is -0.356 e. The van der Waals surface area contributed by atoms with Gasteiger partial charge in [-0.1, -0.05) is 30.3 Å². The molecular formula is C17H16N2O4S. The van der Waals surface area contributed by atoms with E-state index in [-0.39, 0.29) is 36.6 Å². The summed E-state index contributed by atoms with van der Waals surface area (Å²) in [6, 6.07) is 14.3. The van der Waals surface area contributed by atoms with Gasteiger partial charge in [0.15, 0.2) is 0 Å². The zero-order chi connectivity index (χ0) is 16.7. The van der Waals surface area contributed by atoms with Crippen LogP contribution in [0.25, 0.3) is 0 Å². The van der Waals surface area contributed by atoms with E-state index in [0.717, 1.165) is 5.56 Å². The zero-order valence-electron chi connectivity index (χ0n) is 12.8. The summed E-state index contributed by atoms with van der Waals surface area (Å²) < 4.78 is 32.6. The van der Waals surface area contributed by atoms with Gasteiger partial charge >= 0.3 is 0 Å². The molecule has 2 heterocycles. The highest BCUT2D eigenvalue weighted by Crippen LogP contribution is 2.31. The Balaban J connectivity index is 1.58. The molecule has 0 spiro atoms. The number of hydrogen-bond acceptors (Lipinski definition) is 4. The van der Waals surface area contributed by atoms with Crippen molar-refractivity contribution in [1.29, 1.82) is 0 Å². The SMILES string of the molecule is O=C1Cc2cc(S(=O)(=O)N3COC(c4ccccc4)C3)ccc2N1. The Kier molecular flexibility index (Phi) is 3.64. The molecule has 2 aliphatic heterocycles. The molecule has 0 aromatic heterocycles. The minimum atomic E-state index is -3.65. The number of anilines is 1. The third-order valence-electron chi connectivity index (χ3n) is 4.30. The fourth-order valence-corrected chi connectivity index (χ4v) is 4.38. The number of carbonyl (C=O) groups excluding carboxylic acids is 1. The normalized spacial score (nSPS) is 20.8. The van der Waals surface area contributed by atoms with Gasteiger partial charge < -0.3 is 10.1 Å². The lowest BCUT2D eigenvalue weighted by Crippen LogP contribution is -2.28. The van der Waals surface area contributed by atoms with Crippen molar-refractivity contribution in [3.05, 3.63) is 59.7 Å². The fraction of sp³-hybridized carbons (Fsp3) is 0.235. The average Bonchev–Trinajstić information content (AvgIpc) is 3.21. The van der Waals surface area contributed by atoms with Crippen LogP contribution in [0.3, 0.4) is 0 Å². The summed E-state index contributed by atoms with van der Waals surface area (Å²) in [4.78, 5) is 11.6. The molecule has 6 nitrogen and oxygen atoms in total. The molecule has 2 aliphatic rings. The first kappa shape index (κ1) is 15.3. The number of amides is 1. The van der Waals surface area contributed by atoms with Gasteiger partial charge in [-0.15, -0.1) is 0 Å². The molecule has 1 unspecified atom stereocenters. The summed E-state index contributed by atoms with van der Waals surface area (Å²) in [6.45, 7) is 0.302. The Morgan fingerprint density at radius 3 is 2.71 bits per heavy atom. The summed E-state index contributed by atoms with van der Waals surface area (Å²) >= 11 is 0. The molecule has 1 amide bonds. The Hall–Kier alpha value is -2.22. The second-order valence-corrected chi connectivity index (χ2v) is 7.82. The van der Waals surface area contributed by atoms with E-state index in [1.165, 1.54) is 10.4 Å². The van der Waals surface area contributed by atoms with E-state index in [2.05, 4.69) is 5.32 Å². The molecule has 124 valence electrons. The number of carbonyl (C=O) groups is 1. The van der Waals surface area contributed by atoms with E-state index in [0.29, 0.717) is 11.3 Å². The Bertz CT molecular complexity index is 896. The van der Waals surface area contributed by atoms with Crippen LogP contribution in [0.2, 0.25) is 0 Å². The molecule has 1 N–H and O–H groups in total. The van der Waals surface area contributed by atoms with E-state index < -0.39 is 10.0 Å². The average molecular weight is 344 g/mol. The standard InChI is InChI=1S/C17H16N2O4S/c20-17-9-13-8-14(6-7-15(13)18-17)24(21,22)19-10-16(23-11-19)12-4-2-1-3-5-12/h1-8,16H,9-11H2,(H,18,20). The smallest absolute Gasteiger partial charge is 0.245 e. The van der Waals surface area contributed by atoms with E-state index in [1.807, 2.05) is 30.3 Å². The van der Waals surface area contributed by atoms with Crippen molar-refractivity contribution in [2.45, 2.75) is 17.4 Å². The van der Waals surface area contributed by atoms with E-state index in [4.69, 9.17) is 4.74 Å². The lowest BCUT2D eigenvalue weighted by atomic mass is 10.1. The molecule has 0 aliphatic carbocycles. The van der Waals surface area contributed by atoms with E-state index in [9.17, 15) is 13.2 Å². The molecule has 0 saturated carbocycles. The molecule has 7 heteroatoms. The fourth-order valence-electron chi connectivity index (χ4n) is 3.02. The molecule has 2 aromatic carbocycles. The quantitative estimate of drug-likeness (QED) is 0.923. The van der Waals surface area contributed by atoms with Crippen molar-refractivity contribution < 1.29 is 17.9 Å². The van der Waals surface area contributed by atoms with Gasteiger partial charge in [0, 0.05) is 12.2 Å². The summed E-state index contributed by atoms with van der Waals surface area (Å²) in [7, 11) is -3.65. The lowest BCUT2D eigenvalue weighted by Gasteiger charge is -2.15. The first-order chi connectivity index (χ1) is 11.5. The predicted molar refractivity (Wildman–Crippen MR) is 87.8 cm³/mol. The monoisotopic (exact) mass is 344 g/mol. The Morgan fingerprint density at radius 1 is 1.12 bits per heavy atom. The van der Waals surface area contributed by atoms with Crippen LogP contribution < -0.4 is 5.32 Å². The molecule has 24 heavy (non-hydrogen) atoms. The van der Waals surface area contributed by atoms with Gasteiger partial charge in [0.25, 0.3) is 0 Å². The number of nitrogens with one attached hydrogen (secondary N) is 1. The molecule has 1 atom stereocenters. The van der Waals surface area contributed by atoms with Crippen LogP contribution in [0, 0.1) is 0 Å². The first-order valence-corrected chi connectivity index (χ1v) is 9.07. The predicted octanol–water partition coefficient (Wildman–Crippen LogP) is 1.90. The minimum absolute atomic E-state index is 0.0240. The van der Waals surface area contributed by atoms with Crippen molar-refractivity contribution in [1.82, 2.24) is 4.31 Å². The number of benzene rings is 2. The van der Waals surface area contributed by atoms with Crippen molar-refractivity contribution in [2.24, 2.45) is 0 Å². The number of rotatable bonds is 3. The number of nitrogens with zero attached hydrogens (tertiary/aromatic N) is 1. The van der Waals surface area contributed by atoms with Gasteiger partial charge in [-0.05, 0) is 29.3 Å². The summed E-state index contributed by atoms with van der Waals surface area (Å²) in [5.41, 5.74) is 2.35. The molecule has 0 bridgehead atoms. The van der Waals surface area contributed by atoms with Crippen LogP contribution in [0.5, 0.6) is 0 Å². The highest BCUT2D eigenvalue weighted by molar-refractivity contribution is 7.89. The first-order valence-electron chi connectivity index (χ1n) is 7.63. The van der Waals surface area contributed by atoms with E-state index in [1.54, 1.807) is 12.1 Å². The van der Waals surface area contributed by atoms with Crippen LogP contribution >= 0.6 is 0 Å². The van der Waals surface area contributed by atoms with Crippen LogP contribution in [-0.2, 0) is 26.0 Å². The summed E-state index contributed by atoms with van der Waals surface area (Å²) in [6.07, 6.45) is -0.0550. The van der Waals surface area contributed by atoms with Gasteiger partial charge in [-0.2, -0.15) is 4.31 Å². The highest BCUT2D eigenvalue weighted by atomic mass is 32.2. The Labute approximate surface area is 140 Å². The van der Waals surface area contributed by atoms with Crippen LogP contribution in [0.1, 0.15) is 17.2 Å². The van der Waals surface area contributed by atoms with Gasteiger partial charge in [0.1, 0.15) is 6.73 Å². The third kappa shape index (κ3) is 2.60. The zero-order valence-corrected chi connectivity index (χ0v) is 13.6. The Morgan fingerprint density at radius 2 is 1.92 bits per heavy atom. The van der Waals surface area contributed by atoms with Crippen LogP contribution in [-0.4, -0.2) is 31.9 Å². The number of hydrogen-bond donors (Lipinski definition) is 1. The lowest BCUT2D eigenvalue weighted by molar-refractivity contribution is -0.115. The van der Waals surface area contributed by atoms with Crippen molar-refractivity contribution in [3.63, 3.8) is 0 Å². The summed E-state index contributed by atoms with van der Waals surface area (Å²) in [5.74, 6) is -0.117. The number of ether oxygens (including phenoxy) is 1. The molecule has 1 saturated heterocycles. The number of sulfonamides is 1. The van der Waals surface area contributed by atoms with Gasteiger partial charge in [0.2, 0.25) is 15.9 Å². The molecule has 0 radical (unpaired) electrons. The van der Waals surface area contributed by atoms with E-state index >= 15 is 0 Å². The maximum Gasteiger partial charge on any atom is 0.245 e. The second kappa shape index (κ2) is 5.70. The van der Waals surface area contributed by atoms with Crippen molar-refractivity contribution in [3.8, 4) is 0 Å². The maximum atomic E-state index is 12.8. The third-order valence-corrected chi connectivity index (χ3v) is 6.08. The van der Waals surface area contributed by atoms with Crippen LogP contribution in [0.15, 0.2) is 53.4 Å². The van der Waals surface area contributed by atoms with Crippen LogP contribution in [0.4, 0.5) is 5.69 Å². The topological polar surface area (TPSA) is 75.7 Å². The maximum absolute atomic E-state index is 12.8. The molecule has 4 rings (SSSR count). The molecule has 1 fully saturated rings. The highest BCUT2D eigenvalue weighted by Gasteiger charge is 2.34.